The fraction of sp³-hybridized carbons (Fsp3) is 0.118. The fourth-order valence-electron chi connectivity index (χ4n) is 2.45. The summed E-state index contributed by atoms with van der Waals surface area (Å²) in [6.07, 6.45) is 1.99. The lowest BCUT2D eigenvalue weighted by molar-refractivity contribution is 0.622. The quantitative estimate of drug-likeness (QED) is 0.800. The van der Waals surface area contributed by atoms with Crippen molar-refractivity contribution in [3.05, 3.63) is 71.2 Å². The van der Waals surface area contributed by atoms with Crippen LogP contribution in [0.4, 0.5) is 4.39 Å². The minimum absolute atomic E-state index is 0.0756. The second-order valence-electron chi connectivity index (χ2n) is 4.97. The highest BCUT2D eigenvalue weighted by atomic mass is 19.1. The van der Waals surface area contributed by atoms with Crippen molar-refractivity contribution in [3.8, 4) is 6.07 Å². The van der Waals surface area contributed by atoms with Crippen LogP contribution in [-0.4, -0.2) is 4.57 Å². The van der Waals surface area contributed by atoms with Crippen LogP contribution in [0, 0.1) is 17.1 Å². The van der Waals surface area contributed by atoms with Gasteiger partial charge < -0.3 is 10.3 Å². The first-order valence-corrected chi connectivity index (χ1v) is 6.67. The molecule has 0 unspecified atom stereocenters. The number of hydrogen-bond acceptors (Lipinski definition) is 2. The molecule has 0 fully saturated rings. The van der Waals surface area contributed by atoms with Crippen molar-refractivity contribution >= 4 is 10.9 Å². The van der Waals surface area contributed by atoms with E-state index in [2.05, 4.69) is 10.6 Å². The molecule has 0 atom stereocenters. The fourth-order valence-corrected chi connectivity index (χ4v) is 2.45. The predicted octanol–water partition coefficient (Wildman–Crippen LogP) is 3.16. The summed E-state index contributed by atoms with van der Waals surface area (Å²) in [5.74, 6) is -0.482. The molecular weight excluding hydrogens is 265 g/mol. The monoisotopic (exact) mass is 279 g/mol. The van der Waals surface area contributed by atoms with Crippen LogP contribution < -0.4 is 5.73 Å². The summed E-state index contributed by atoms with van der Waals surface area (Å²) in [6, 6.07) is 14.6. The molecule has 21 heavy (non-hydrogen) atoms. The zero-order valence-corrected chi connectivity index (χ0v) is 11.4. The van der Waals surface area contributed by atoms with Gasteiger partial charge in [0.1, 0.15) is 11.9 Å². The van der Waals surface area contributed by atoms with E-state index in [1.54, 1.807) is 12.1 Å². The van der Waals surface area contributed by atoms with Gasteiger partial charge in [-0.05, 0) is 40.8 Å². The van der Waals surface area contributed by atoms with Crippen LogP contribution in [0.1, 0.15) is 16.7 Å². The smallest absolute Gasteiger partial charge is 0.140 e. The number of nitrogens with two attached hydrogens (primary N) is 1. The molecule has 0 aliphatic carbocycles. The average molecular weight is 279 g/mol. The number of nitrogens with zero attached hydrogens (tertiary/aromatic N) is 2. The molecule has 3 rings (SSSR count). The summed E-state index contributed by atoms with van der Waals surface area (Å²) < 4.78 is 15.4. The summed E-state index contributed by atoms with van der Waals surface area (Å²) in [4.78, 5) is 0. The van der Waals surface area contributed by atoms with Crippen molar-refractivity contribution in [1.29, 1.82) is 5.26 Å². The summed E-state index contributed by atoms with van der Waals surface area (Å²) in [7, 11) is 0. The second kappa shape index (κ2) is 5.39. The van der Waals surface area contributed by atoms with Crippen molar-refractivity contribution in [2.75, 3.05) is 0 Å². The van der Waals surface area contributed by atoms with Crippen molar-refractivity contribution in [2.45, 2.75) is 13.1 Å². The van der Waals surface area contributed by atoms with Crippen LogP contribution in [0.25, 0.3) is 10.9 Å². The number of halogens is 1. The molecule has 1 heterocycles. The van der Waals surface area contributed by atoms with Crippen LogP contribution in [-0.2, 0) is 13.1 Å². The van der Waals surface area contributed by atoms with Gasteiger partial charge in [0.2, 0.25) is 0 Å². The van der Waals surface area contributed by atoms with E-state index < -0.39 is 5.82 Å². The number of benzene rings is 2. The minimum atomic E-state index is -0.482. The summed E-state index contributed by atoms with van der Waals surface area (Å²) >= 11 is 0. The molecule has 0 amide bonds. The van der Waals surface area contributed by atoms with Crippen molar-refractivity contribution in [2.24, 2.45) is 5.73 Å². The maximum atomic E-state index is 13.4. The molecule has 3 nitrogen and oxygen atoms in total. The normalized spacial score (nSPS) is 10.7. The van der Waals surface area contributed by atoms with Crippen molar-refractivity contribution in [3.63, 3.8) is 0 Å². The van der Waals surface area contributed by atoms with Crippen LogP contribution in [0.2, 0.25) is 0 Å². The van der Waals surface area contributed by atoms with Crippen LogP contribution in [0.5, 0.6) is 0 Å². The number of fused-ring (bicyclic) bond motifs is 1. The maximum Gasteiger partial charge on any atom is 0.140 e. The van der Waals surface area contributed by atoms with E-state index in [1.165, 1.54) is 6.07 Å². The second-order valence-corrected chi connectivity index (χ2v) is 4.97. The standard InChI is InChI=1S/C17H14FN3/c18-16-4-2-13(7-15(16)10-20)11-21-6-5-14-3-1-12(9-19)8-17(14)21/h1-8H,9,11,19H2. The highest BCUT2D eigenvalue weighted by Crippen LogP contribution is 2.20. The molecule has 0 saturated carbocycles. The van der Waals surface area contributed by atoms with Crippen molar-refractivity contribution in [1.82, 2.24) is 4.57 Å². The Labute approximate surface area is 122 Å². The average Bonchev–Trinajstić information content (AvgIpc) is 2.91. The Hall–Kier alpha value is -2.64. The van der Waals surface area contributed by atoms with E-state index in [1.807, 2.05) is 30.5 Å². The summed E-state index contributed by atoms with van der Waals surface area (Å²) in [6.45, 7) is 1.09. The van der Waals surface area contributed by atoms with Gasteiger partial charge in [-0.15, -0.1) is 0 Å². The molecule has 0 saturated heterocycles. The Morgan fingerprint density at radius 2 is 1.90 bits per heavy atom. The molecule has 104 valence electrons. The van der Waals surface area contributed by atoms with Gasteiger partial charge in [-0.25, -0.2) is 4.39 Å². The largest absolute Gasteiger partial charge is 0.343 e. The highest BCUT2D eigenvalue weighted by Gasteiger charge is 2.06. The van der Waals surface area contributed by atoms with Gasteiger partial charge in [-0.1, -0.05) is 18.2 Å². The van der Waals surface area contributed by atoms with Gasteiger partial charge >= 0.3 is 0 Å². The van der Waals surface area contributed by atoms with Gasteiger partial charge in [0.25, 0.3) is 0 Å². The topological polar surface area (TPSA) is 54.7 Å². The predicted molar refractivity (Wildman–Crippen MR) is 80.0 cm³/mol. The van der Waals surface area contributed by atoms with Crippen LogP contribution >= 0.6 is 0 Å². The lowest BCUT2D eigenvalue weighted by atomic mass is 10.1. The Bertz CT molecular complexity index is 843. The van der Waals surface area contributed by atoms with Crippen LogP contribution in [0.3, 0.4) is 0 Å². The molecule has 2 N–H and O–H groups in total. The number of nitriles is 1. The molecule has 3 aromatic rings. The number of hydrogen-bond donors (Lipinski definition) is 1. The minimum Gasteiger partial charge on any atom is -0.343 e. The summed E-state index contributed by atoms with van der Waals surface area (Å²) in [5, 5.41) is 10.0. The SMILES string of the molecule is N#Cc1cc(Cn2ccc3ccc(CN)cc32)ccc1F. The summed E-state index contributed by atoms with van der Waals surface area (Å²) in [5.41, 5.74) is 8.80. The third-order valence-corrected chi connectivity index (χ3v) is 3.58. The number of aromatic nitrogens is 1. The zero-order valence-electron chi connectivity index (χ0n) is 11.4. The number of rotatable bonds is 3. The maximum absolute atomic E-state index is 13.4. The third kappa shape index (κ3) is 2.51. The molecule has 0 radical (unpaired) electrons. The Morgan fingerprint density at radius 3 is 2.67 bits per heavy atom. The molecule has 0 aliphatic heterocycles. The van der Waals surface area contributed by atoms with Gasteiger partial charge in [-0.3, -0.25) is 0 Å². The molecule has 0 spiro atoms. The van der Waals surface area contributed by atoms with E-state index in [0.29, 0.717) is 13.1 Å². The molecule has 2 aromatic carbocycles. The lowest BCUT2D eigenvalue weighted by Crippen LogP contribution is -2.00. The highest BCUT2D eigenvalue weighted by molar-refractivity contribution is 5.81. The zero-order chi connectivity index (χ0) is 14.8. The van der Waals surface area contributed by atoms with E-state index in [0.717, 1.165) is 22.0 Å². The van der Waals surface area contributed by atoms with Crippen LogP contribution in [0.15, 0.2) is 48.7 Å². The van der Waals surface area contributed by atoms with E-state index in [4.69, 9.17) is 11.0 Å². The Morgan fingerprint density at radius 1 is 1.10 bits per heavy atom. The van der Waals surface area contributed by atoms with Crippen molar-refractivity contribution < 1.29 is 4.39 Å². The molecular formula is C17H14FN3. The van der Waals surface area contributed by atoms with Gasteiger partial charge in [-0.2, -0.15) is 5.26 Å². The van der Waals surface area contributed by atoms with Gasteiger partial charge in [0.15, 0.2) is 0 Å². The first-order chi connectivity index (χ1) is 10.2. The molecule has 1 aromatic heterocycles. The van der Waals surface area contributed by atoms with Gasteiger partial charge in [0.05, 0.1) is 5.56 Å². The first-order valence-electron chi connectivity index (χ1n) is 6.67. The lowest BCUT2D eigenvalue weighted by Gasteiger charge is -2.07. The Balaban J connectivity index is 2.00. The van der Waals surface area contributed by atoms with Gasteiger partial charge in [0, 0.05) is 24.8 Å². The Kier molecular flexibility index (Phi) is 3.43. The van der Waals surface area contributed by atoms with E-state index in [9.17, 15) is 4.39 Å². The van der Waals surface area contributed by atoms with E-state index >= 15 is 0 Å². The molecule has 4 heteroatoms. The van der Waals surface area contributed by atoms with E-state index in [-0.39, 0.29) is 5.56 Å². The molecule has 0 bridgehead atoms. The third-order valence-electron chi connectivity index (χ3n) is 3.58. The molecule has 0 aliphatic rings. The first kappa shape index (κ1) is 13.3.